The number of carboxylic acids is 1. The summed E-state index contributed by atoms with van der Waals surface area (Å²) in [6.07, 6.45) is -3.77. The molecule has 0 radical (unpaired) electrons. The van der Waals surface area contributed by atoms with Crippen molar-refractivity contribution in [2.75, 3.05) is 12.4 Å². The predicted octanol–water partition coefficient (Wildman–Crippen LogP) is 4.55. The number of methoxy groups -OCH3 is 1. The molecular weight excluding hydrogens is 387 g/mol. The van der Waals surface area contributed by atoms with Crippen molar-refractivity contribution in [3.05, 3.63) is 59.2 Å². The number of halogens is 3. The highest BCUT2D eigenvalue weighted by Gasteiger charge is 2.30. The van der Waals surface area contributed by atoms with Crippen LogP contribution in [0.4, 0.5) is 18.9 Å². The number of carbonyl (C=O) groups excluding carboxylic acids is 1. The van der Waals surface area contributed by atoms with E-state index in [-0.39, 0.29) is 6.42 Å². The van der Waals surface area contributed by atoms with Gasteiger partial charge >= 0.3 is 12.1 Å². The van der Waals surface area contributed by atoms with Crippen LogP contribution in [-0.2, 0) is 28.6 Å². The van der Waals surface area contributed by atoms with Crippen LogP contribution in [0.25, 0.3) is 0 Å². The fourth-order valence-electron chi connectivity index (χ4n) is 2.86. The van der Waals surface area contributed by atoms with Gasteiger partial charge in [0.1, 0.15) is 5.75 Å². The van der Waals surface area contributed by atoms with E-state index in [2.05, 4.69) is 5.32 Å². The largest absolute Gasteiger partial charge is 0.495 e. The first-order valence-corrected chi connectivity index (χ1v) is 8.99. The highest BCUT2D eigenvalue weighted by Crippen LogP contribution is 2.30. The highest BCUT2D eigenvalue weighted by molar-refractivity contribution is 5.93. The van der Waals surface area contributed by atoms with Crippen molar-refractivity contribution >= 4 is 17.6 Å². The van der Waals surface area contributed by atoms with E-state index in [9.17, 15) is 27.9 Å². The monoisotopic (exact) mass is 409 g/mol. The van der Waals surface area contributed by atoms with Crippen molar-refractivity contribution in [3.63, 3.8) is 0 Å². The summed E-state index contributed by atoms with van der Waals surface area (Å²) in [4.78, 5) is 23.6. The molecule has 2 aromatic carbocycles. The standard InChI is InChI=1S/C21H22F3NO4/c1-3-15(20(27)28)10-14-6-9-18(29-2)17(11-14)25-19(26)12-13-4-7-16(8-5-13)21(22,23)24/h4-9,11,15H,3,10,12H2,1-2H3,(H,25,26)(H,27,28). The summed E-state index contributed by atoms with van der Waals surface area (Å²) >= 11 is 0. The van der Waals surface area contributed by atoms with Gasteiger partial charge < -0.3 is 15.2 Å². The zero-order valence-corrected chi connectivity index (χ0v) is 16.0. The fourth-order valence-corrected chi connectivity index (χ4v) is 2.86. The van der Waals surface area contributed by atoms with E-state index in [1.165, 1.54) is 19.2 Å². The molecule has 1 atom stereocenters. The Morgan fingerprint density at radius 3 is 2.24 bits per heavy atom. The van der Waals surface area contributed by atoms with Crippen molar-refractivity contribution in [2.45, 2.75) is 32.4 Å². The smallest absolute Gasteiger partial charge is 0.416 e. The van der Waals surface area contributed by atoms with Crippen LogP contribution < -0.4 is 10.1 Å². The predicted molar refractivity (Wildman–Crippen MR) is 102 cm³/mol. The Bertz CT molecular complexity index is 863. The second-order valence-corrected chi connectivity index (χ2v) is 6.60. The van der Waals surface area contributed by atoms with Gasteiger partial charge in [-0.05, 0) is 48.2 Å². The number of ether oxygens (including phenoxy) is 1. The van der Waals surface area contributed by atoms with E-state index < -0.39 is 29.5 Å². The fraction of sp³-hybridized carbons (Fsp3) is 0.333. The van der Waals surface area contributed by atoms with Gasteiger partial charge in [-0.3, -0.25) is 9.59 Å². The maximum absolute atomic E-state index is 12.6. The van der Waals surface area contributed by atoms with Crippen LogP contribution in [0, 0.1) is 5.92 Å². The zero-order valence-electron chi connectivity index (χ0n) is 16.0. The first-order chi connectivity index (χ1) is 13.6. The maximum Gasteiger partial charge on any atom is 0.416 e. The molecule has 8 heteroatoms. The average Bonchev–Trinajstić information content (AvgIpc) is 2.65. The van der Waals surface area contributed by atoms with Crippen LogP contribution in [0.1, 0.15) is 30.0 Å². The summed E-state index contributed by atoms with van der Waals surface area (Å²) in [5, 5.41) is 11.9. The molecule has 0 aliphatic heterocycles. The number of alkyl halides is 3. The number of carboxylic acid groups (broad SMARTS) is 1. The SMILES string of the molecule is CCC(Cc1ccc(OC)c(NC(=O)Cc2ccc(C(F)(F)F)cc2)c1)C(=O)O. The summed E-state index contributed by atoms with van der Waals surface area (Å²) < 4.78 is 43.1. The minimum Gasteiger partial charge on any atom is -0.495 e. The first-order valence-electron chi connectivity index (χ1n) is 8.99. The van der Waals surface area contributed by atoms with Gasteiger partial charge in [0.2, 0.25) is 5.91 Å². The topological polar surface area (TPSA) is 75.6 Å². The molecule has 2 rings (SSSR count). The third-order valence-corrected chi connectivity index (χ3v) is 4.51. The van der Waals surface area contributed by atoms with Crippen molar-refractivity contribution < 1.29 is 32.6 Å². The molecule has 0 heterocycles. The number of rotatable bonds is 8. The molecule has 0 aliphatic rings. The summed E-state index contributed by atoms with van der Waals surface area (Å²) in [6, 6.07) is 9.40. The Balaban J connectivity index is 2.12. The summed E-state index contributed by atoms with van der Waals surface area (Å²) in [5.41, 5.74) is 0.759. The molecule has 2 N–H and O–H groups in total. The molecule has 0 spiro atoms. The minimum atomic E-state index is -4.43. The number of amides is 1. The molecule has 5 nitrogen and oxygen atoms in total. The lowest BCUT2D eigenvalue weighted by Crippen LogP contribution is -2.17. The number of benzene rings is 2. The van der Waals surface area contributed by atoms with Crippen LogP contribution in [0.15, 0.2) is 42.5 Å². The van der Waals surface area contributed by atoms with Gasteiger partial charge in [0.05, 0.1) is 30.7 Å². The molecular formula is C21H22F3NO4. The number of carbonyl (C=O) groups is 2. The molecule has 0 bridgehead atoms. The molecule has 0 saturated carbocycles. The van der Waals surface area contributed by atoms with Crippen LogP contribution >= 0.6 is 0 Å². The van der Waals surface area contributed by atoms with Gasteiger partial charge in [-0.15, -0.1) is 0 Å². The van der Waals surface area contributed by atoms with Crippen LogP contribution in [0.5, 0.6) is 5.75 Å². The Kier molecular flexibility index (Phi) is 7.25. The van der Waals surface area contributed by atoms with E-state index in [1.54, 1.807) is 25.1 Å². The highest BCUT2D eigenvalue weighted by atomic mass is 19.4. The molecule has 0 aliphatic carbocycles. The summed E-state index contributed by atoms with van der Waals surface area (Å²) in [7, 11) is 1.44. The van der Waals surface area contributed by atoms with E-state index in [1.807, 2.05) is 0 Å². The third kappa shape index (κ3) is 6.23. The quantitative estimate of drug-likeness (QED) is 0.671. The molecule has 0 aromatic heterocycles. The molecule has 1 unspecified atom stereocenters. The zero-order chi connectivity index (χ0) is 21.6. The second kappa shape index (κ2) is 9.45. The average molecular weight is 409 g/mol. The molecule has 0 fully saturated rings. The normalized spacial score (nSPS) is 12.3. The second-order valence-electron chi connectivity index (χ2n) is 6.60. The Morgan fingerprint density at radius 2 is 1.72 bits per heavy atom. The van der Waals surface area contributed by atoms with Gasteiger partial charge in [-0.25, -0.2) is 0 Å². The number of hydrogen-bond donors (Lipinski definition) is 2. The Hall–Kier alpha value is -3.03. The maximum atomic E-state index is 12.6. The van der Waals surface area contributed by atoms with Crippen molar-refractivity contribution in [1.82, 2.24) is 0 Å². The number of anilines is 1. The molecule has 156 valence electrons. The van der Waals surface area contributed by atoms with Crippen molar-refractivity contribution in [3.8, 4) is 5.75 Å². The van der Waals surface area contributed by atoms with Gasteiger partial charge in [-0.1, -0.05) is 25.1 Å². The van der Waals surface area contributed by atoms with Crippen LogP contribution in [-0.4, -0.2) is 24.1 Å². The molecule has 2 aromatic rings. The molecule has 29 heavy (non-hydrogen) atoms. The Labute approximate surface area is 166 Å². The van der Waals surface area contributed by atoms with E-state index in [0.717, 1.165) is 17.7 Å². The molecule has 0 saturated heterocycles. The summed E-state index contributed by atoms with van der Waals surface area (Å²) in [6.45, 7) is 1.79. The van der Waals surface area contributed by atoms with E-state index >= 15 is 0 Å². The Morgan fingerprint density at radius 1 is 1.10 bits per heavy atom. The van der Waals surface area contributed by atoms with Crippen molar-refractivity contribution in [2.24, 2.45) is 5.92 Å². The van der Waals surface area contributed by atoms with E-state index in [0.29, 0.717) is 29.8 Å². The van der Waals surface area contributed by atoms with Crippen LogP contribution in [0.2, 0.25) is 0 Å². The van der Waals surface area contributed by atoms with Crippen LogP contribution in [0.3, 0.4) is 0 Å². The van der Waals surface area contributed by atoms with Gasteiger partial charge in [0, 0.05) is 0 Å². The summed E-state index contributed by atoms with van der Waals surface area (Å²) in [5.74, 6) is -1.46. The minimum absolute atomic E-state index is 0.113. The number of nitrogens with one attached hydrogen (secondary N) is 1. The lowest BCUT2D eigenvalue weighted by Gasteiger charge is -2.14. The van der Waals surface area contributed by atoms with Crippen molar-refractivity contribution in [1.29, 1.82) is 0 Å². The van der Waals surface area contributed by atoms with Gasteiger partial charge in [0.25, 0.3) is 0 Å². The first kappa shape index (κ1) is 22.3. The van der Waals surface area contributed by atoms with E-state index in [4.69, 9.17) is 4.74 Å². The third-order valence-electron chi connectivity index (χ3n) is 4.51. The molecule has 1 amide bonds. The lowest BCUT2D eigenvalue weighted by atomic mass is 9.96. The van der Waals surface area contributed by atoms with Gasteiger partial charge in [0.15, 0.2) is 0 Å². The lowest BCUT2D eigenvalue weighted by molar-refractivity contribution is -0.142. The number of aliphatic carboxylic acids is 1. The number of hydrogen-bond acceptors (Lipinski definition) is 3. The van der Waals surface area contributed by atoms with Gasteiger partial charge in [-0.2, -0.15) is 13.2 Å².